The van der Waals surface area contributed by atoms with E-state index in [2.05, 4.69) is 25.7 Å². The van der Waals surface area contributed by atoms with Gasteiger partial charge in [-0.25, -0.2) is 4.39 Å². The fraction of sp³-hybridized carbons (Fsp3) is 0.647. The molecule has 1 rings (SSSR count). The smallest absolute Gasteiger partial charge is 0.128 e. The van der Waals surface area contributed by atoms with Crippen LogP contribution in [-0.2, 0) is 5.54 Å². The predicted molar refractivity (Wildman–Crippen MR) is 84.2 cm³/mol. The van der Waals surface area contributed by atoms with Crippen LogP contribution in [0.1, 0.15) is 52.5 Å². The van der Waals surface area contributed by atoms with E-state index >= 15 is 0 Å². The van der Waals surface area contributed by atoms with E-state index in [0.717, 1.165) is 32.4 Å². The van der Waals surface area contributed by atoms with E-state index in [1.807, 2.05) is 19.1 Å². The number of hydrogen-bond donors (Lipinski definition) is 1. The van der Waals surface area contributed by atoms with Crippen LogP contribution in [0.5, 0.6) is 0 Å². The second-order valence-electron chi connectivity index (χ2n) is 5.64. The Balaban J connectivity index is 3.12. The van der Waals surface area contributed by atoms with Crippen molar-refractivity contribution in [2.24, 2.45) is 5.73 Å². The van der Waals surface area contributed by atoms with Gasteiger partial charge in [-0.05, 0) is 32.5 Å². The molecule has 114 valence electrons. The van der Waals surface area contributed by atoms with Crippen molar-refractivity contribution in [2.45, 2.75) is 58.5 Å². The monoisotopic (exact) mass is 280 g/mol. The summed E-state index contributed by atoms with van der Waals surface area (Å²) < 4.78 is 14.1. The lowest BCUT2D eigenvalue weighted by Crippen LogP contribution is -2.54. The number of rotatable bonds is 8. The van der Waals surface area contributed by atoms with Crippen molar-refractivity contribution in [3.8, 4) is 0 Å². The maximum absolute atomic E-state index is 14.1. The minimum Gasteiger partial charge on any atom is -0.320 e. The molecule has 0 saturated carbocycles. The van der Waals surface area contributed by atoms with Crippen molar-refractivity contribution < 1.29 is 4.39 Å². The molecule has 0 radical (unpaired) electrons. The molecule has 0 aromatic heterocycles. The zero-order chi connectivity index (χ0) is 15.2. The van der Waals surface area contributed by atoms with E-state index in [-0.39, 0.29) is 11.9 Å². The lowest BCUT2D eigenvalue weighted by atomic mass is 9.81. The highest BCUT2D eigenvalue weighted by atomic mass is 19.1. The van der Waals surface area contributed by atoms with E-state index in [9.17, 15) is 4.39 Å². The molecular weight excluding hydrogens is 251 g/mol. The number of benzene rings is 1. The van der Waals surface area contributed by atoms with Crippen molar-refractivity contribution in [3.63, 3.8) is 0 Å². The summed E-state index contributed by atoms with van der Waals surface area (Å²) in [5.74, 6) is -0.203. The van der Waals surface area contributed by atoms with Crippen LogP contribution < -0.4 is 5.73 Å². The molecule has 0 heterocycles. The van der Waals surface area contributed by atoms with Gasteiger partial charge in [-0.1, -0.05) is 51.8 Å². The Morgan fingerprint density at radius 1 is 1.20 bits per heavy atom. The third-order valence-electron chi connectivity index (χ3n) is 4.23. The molecular formula is C17H29FN2. The van der Waals surface area contributed by atoms with E-state index in [4.69, 9.17) is 5.73 Å². The van der Waals surface area contributed by atoms with Crippen molar-refractivity contribution in [1.82, 2.24) is 4.90 Å². The lowest BCUT2D eigenvalue weighted by Gasteiger charge is -2.42. The lowest BCUT2D eigenvalue weighted by molar-refractivity contribution is 0.126. The Morgan fingerprint density at radius 3 is 2.30 bits per heavy atom. The molecule has 20 heavy (non-hydrogen) atoms. The molecule has 1 aromatic rings. The SMILES string of the molecule is CCCCC(N(CC)CC)C(C)(N)c1ccccc1F. The largest absolute Gasteiger partial charge is 0.320 e. The first-order valence-electron chi connectivity index (χ1n) is 7.76. The first kappa shape index (κ1) is 17.1. The van der Waals surface area contributed by atoms with Gasteiger partial charge in [0.25, 0.3) is 0 Å². The van der Waals surface area contributed by atoms with Gasteiger partial charge in [-0.15, -0.1) is 0 Å². The minimum absolute atomic E-state index is 0.161. The molecule has 0 aliphatic rings. The average molecular weight is 280 g/mol. The van der Waals surface area contributed by atoms with Gasteiger partial charge in [0.15, 0.2) is 0 Å². The van der Waals surface area contributed by atoms with Crippen LogP contribution in [0.2, 0.25) is 0 Å². The molecule has 2 N–H and O–H groups in total. The molecule has 0 saturated heterocycles. The normalized spacial score (nSPS) is 16.1. The number of nitrogens with zero attached hydrogens (tertiary/aromatic N) is 1. The van der Waals surface area contributed by atoms with E-state index in [1.165, 1.54) is 6.07 Å². The van der Waals surface area contributed by atoms with Crippen molar-refractivity contribution in [1.29, 1.82) is 0 Å². The topological polar surface area (TPSA) is 29.3 Å². The average Bonchev–Trinajstić information content (AvgIpc) is 2.43. The summed E-state index contributed by atoms with van der Waals surface area (Å²) in [6.07, 6.45) is 3.24. The van der Waals surface area contributed by atoms with Crippen LogP contribution in [0.25, 0.3) is 0 Å². The zero-order valence-electron chi connectivity index (χ0n) is 13.3. The third kappa shape index (κ3) is 3.80. The number of nitrogens with two attached hydrogens (primary N) is 1. The summed E-state index contributed by atoms with van der Waals surface area (Å²) in [6, 6.07) is 7.06. The summed E-state index contributed by atoms with van der Waals surface area (Å²) in [4.78, 5) is 2.35. The van der Waals surface area contributed by atoms with Crippen LogP contribution in [0.3, 0.4) is 0 Å². The molecule has 0 aliphatic heterocycles. The molecule has 2 nitrogen and oxygen atoms in total. The van der Waals surface area contributed by atoms with E-state index in [1.54, 1.807) is 6.07 Å². The zero-order valence-corrected chi connectivity index (χ0v) is 13.3. The second kappa shape index (κ2) is 7.75. The molecule has 0 amide bonds. The number of unbranched alkanes of at least 4 members (excludes halogenated alkanes) is 1. The molecule has 0 aliphatic carbocycles. The highest BCUT2D eigenvalue weighted by molar-refractivity contribution is 5.27. The summed E-state index contributed by atoms with van der Waals surface area (Å²) in [5.41, 5.74) is 6.54. The van der Waals surface area contributed by atoms with Gasteiger partial charge in [-0.3, -0.25) is 4.90 Å². The standard InChI is InChI=1S/C17H29FN2/c1-5-8-13-16(20(6-2)7-3)17(4,19)14-11-9-10-12-15(14)18/h9-12,16H,5-8,13,19H2,1-4H3. The van der Waals surface area contributed by atoms with Crippen LogP contribution >= 0.6 is 0 Å². The maximum Gasteiger partial charge on any atom is 0.128 e. The second-order valence-corrected chi connectivity index (χ2v) is 5.64. The Labute approximate surface area is 123 Å². The summed E-state index contributed by atoms with van der Waals surface area (Å²) >= 11 is 0. The highest BCUT2D eigenvalue weighted by Crippen LogP contribution is 2.30. The number of hydrogen-bond acceptors (Lipinski definition) is 2. The predicted octanol–water partition coefficient (Wildman–Crippen LogP) is 3.90. The molecule has 0 fully saturated rings. The van der Waals surface area contributed by atoms with Crippen LogP contribution in [-0.4, -0.2) is 24.0 Å². The van der Waals surface area contributed by atoms with E-state index in [0.29, 0.717) is 5.56 Å². The maximum atomic E-state index is 14.1. The number of likely N-dealkylation sites (N-methyl/N-ethyl adjacent to an activating group) is 1. The van der Waals surface area contributed by atoms with Crippen LogP contribution in [0, 0.1) is 5.82 Å². The molecule has 3 heteroatoms. The Bertz CT molecular complexity index is 400. The molecule has 2 unspecified atom stereocenters. The highest BCUT2D eigenvalue weighted by Gasteiger charge is 2.36. The van der Waals surface area contributed by atoms with Crippen LogP contribution in [0.4, 0.5) is 4.39 Å². The van der Waals surface area contributed by atoms with Gasteiger partial charge in [0.2, 0.25) is 0 Å². The van der Waals surface area contributed by atoms with Crippen molar-refractivity contribution in [2.75, 3.05) is 13.1 Å². The first-order valence-corrected chi connectivity index (χ1v) is 7.76. The Morgan fingerprint density at radius 2 is 1.80 bits per heavy atom. The Hall–Kier alpha value is -0.930. The summed E-state index contributed by atoms with van der Waals surface area (Å²) in [5, 5.41) is 0. The van der Waals surface area contributed by atoms with Gasteiger partial charge in [0.1, 0.15) is 5.82 Å². The van der Waals surface area contributed by atoms with Crippen LogP contribution in [0.15, 0.2) is 24.3 Å². The van der Waals surface area contributed by atoms with Gasteiger partial charge < -0.3 is 5.73 Å². The summed E-state index contributed by atoms with van der Waals surface area (Å²) in [7, 11) is 0. The van der Waals surface area contributed by atoms with E-state index < -0.39 is 5.54 Å². The molecule has 0 spiro atoms. The molecule has 2 atom stereocenters. The minimum atomic E-state index is -0.674. The third-order valence-corrected chi connectivity index (χ3v) is 4.23. The van der Waals surface area contributed by atoms with Crippen molar-refractivity contribution in [3.05, 3.63) is 35.6 Å². The fourth-order valence-corrected chi connectivity index (χ4v) is 3.00. The van der Waals surface area contributed by atoms with Gasteiger partial charge in [0.05, 0.1) is 5.54 Å². The van der Waals surface area contributed by atoms with Gasteiger partial charge in [0, 0.05) is 11.6 Å². The molecule has 0 bridgehead atoms. The fourth-order valence-electron chi connectivity index (χ4n) is 3.00. The number of halogens is 1. The van der Waals surface area contributed by atoms with Gasteiger partial charge in [-0.2, -0.15) is 0 Å². The first-order chi connectivity index (χ1) is 9.48. The van der Waals surface area contributed by atoms with Crippen molar-refractivity contribution >= 4 is 0 Å². The quantitative estimate of drug-likeness (QED) is 0.782. The van der Waals surface area contributed by atoms with Gasteiger partial charge >= 0.3 is 0 Å². The Kier molecular flexibility index (Phi) is 6.63. The summed E-state index contributed by atoms with van der Waals surface area (Å²) in [6.45, 7) is 10.3. The molecule has 1 aromatic carbocycles.